The number of aryl methyl sites for hydroxylation is 2. The zero-order valence-electron chi connectivity index (χ0n) is 12.4. The fourth-order valence-electron chi connectivity index (χ4n) is 2.05. The molecule has 1 atom stereocenters. The number of hydrogen-bond donors (Lipinski definition) is 1. The summed E-state index contributed by atoms with van der Waals surface area (Å²) in [5, 5.41) is 3.97. The van der Waals surface area contributed by atoms with E-state index in [-0.39, 0.29) is 6.04 Å². The molecule has 1 heterocycles. The fraction of sp³-hybridized carbons (Fsp3) is 0.467. The topological polar surface area (TPSA) is 74.2 Å². The molecule has 0 aliphatic heterocycles. The van der Waals surface area contributed by atoms with E-state index < -0.39 is 0 Å². The highest BCUT2D eigenvalue weighted by atomic mass is 16.5. The van der Waals surface area contributed by atoms with Gasteiger partial charge in [0.2, 0.25) is 11.7 Å². The predicted molar refractivity (Wildman–Crippen MR) is 77.6 cm³/mol. The molecule has 0 unspecified atom stereocenters. The largest absolute Gasteiger partial charge is 0.493 e. The van der Waals surface area contributed by atoms with Gasteiger partial charge in [-0.25, -0.2) is 0 Å². The Morgan fingerprint density at radius 2 is 1.95 bits per heavy atom. The minimum atomic E-state index is -0.259. The quantitative estimate of drug-likeness (QED) is 0.907. The molecule has 2 aromatic rings. The molecule has 0 fully saturated rings. The Bertz CT molecular complexity index is 568. The third-order valence-electron chi connectivity index (χ3n) is 3.00. The normalized spacial score (nSPS) is 12.4. The van der Waals surface area contributed by atoms with Gasteiger partial charge in [-0.1, -0.05) is 12.1 Å². The van der Waals surface area contributed by atoms with Gasteiger partial charge >= 0.3 is 0 Å². The van der Waals surface area contributed by atoms with E-state index in [0.717, 1.165) is 35.5 Å². The van der Waals surface area contributed by atoms with Crippen molar-refractivity contribution >= 4 is 0 Å². The maximum atomic E-state index is 5.77. The number of nitrogens with zero attached hydrogens (tertiary/aromatic N) is 2. The van der Waals surface area contributed by atoms with Crippen molar-refractivity contribution in [1.82, 2.24) is 10.1 Å². The molecule has 1 aromatic heterocycles. The lowest BCUT2D eigenvalue weighted by Crippen LogP contribution is -2.04. The number of benzene rings is 1. The van der Waals surface area contributed by atoms with E-state index in [2.05, 4.69) is 17.1 Å². The van der Waals surface area contributed by atoms with Gasteiger partial charge in [-0.15, -0.1) is 0 Å². The van der Waals surface area contributed by atoms with Gasteiger partial charge in [-0.3, -0.25) is 0 Å². The first-order valence-corrected chi connectivity index (χ1v) is 6.86. The van der Waals surface area contributed by atoms with Crippen LogP contribution >= 0.6 is 0 Å². The summed E-state index contributed by atoms with van der Waals surface area (Å²) in [6.07, 6.45) is 0.989. The van der Waals surface area contributed by atoms with Gasteiger partial charge in [0.15, 0.2) is 0 Å². The van der Waals surface area contributed by atoms with E-state index in [1.54, 1.807) is 0 Å². The van der Waals surface area contributed by atoms with Crippen LogP contribution in [0.4, 0.5) is 0 Å². The Labute approximate surface area is 119 Å². The van der Waals surface area contributed by atoms with Crippen LogP contribution in [-0.2, 0) is 0 Å². The van der Waals surface area contributed by atoms with E-state index in [0.29, 0.717) is 11.7 Å². The highest BCUT2D eigenvalue weighted by Crippen LogP contribution is 2.29. The second-order valence-electron chi connectivity index (χ2n) is 5.03. The van der Waals surface area contributed by atoms with Crippen LogP contribution in [0, 0.1) is 13.8 Å². The zero-order valence-corrected chi connectivity index (χ0v) is 12.4. The van der Waals surface area contributed by atoms with E-state index >= 15 is 0 Å². The van der Waals surface area contributed by atoms with E-state index in [1.165, 1.54) is 0 Å². The molecule has 5 heteroatoms. The van der Waals surface area contributed by atoms with Gasteiger partial charge in [0.1, 0.15) is 5.75 Å². The molecular formula is C15H21N3O2. The van der Waals surface area contributed by atoms with Crippen molar-refractivity contribution in [1.29, 1.82) is 0 Å². The number of aromatic nitrogens is 2. The van der Waals surface area contributed by atoms with Gasteiger partial charge < -0.3 is 15.0 Å². The van der Waals surface area contributed by atoms with Gasteiger partial charge in [0, 0.05) is 5.56 Å². The van der Waals surface area contributed by atoms with E-state index in [9.17, 15) is 0 Å². The number of hydrogen-bond acceptors (Lipinski definition) is 5. The molecule has 5 nitrogen and oxygen atoms in total. The Hall–Kier alpha value is -1.88. The van der Waals surface area contributed by atoms with Crippen molar-refractivity contribution in [3.63, 3.8) is 0 Å². The zero-order chi connectivity index (χ0) is 14.7. The van der Waals surface area contributed by atoms with Crippen LogP contribution in [0.2, 0.25) is 0 Å². The smallest absolute Gasteiger partial charge is 0.243 e. The highest BCUT2D eigenvalue weighted by Gasteiger charge is 2.14. The average molecular weight is 275 g/mol. The minimum absolute atomic E-state index is 0.259. The van der Waals surface area contributed by atoms with Crippen molar-refractivity contribution in [2.75, 3.05) is 6.61 Å². The van der Waals surface area contributed by atoms with Crippen LogP contribution < -0.4 is 10.5 Å². The maximum Gasteiger partial charge on any atom is 0.243 e. The lowest BCUT2D eigenvalue weighted by Gasteiger charge is -2.12. The minimum Gasteiger partial charge on any atom is -0.493 e. The Morgan fingerprint density at radius 1 is 1.30 bits per heavy atom. The first-order chi connectivity index (χ1) is 9.52. The van der Waals surface area contributed by atoms with Gasteiger partial charge in [-0.2, -0.15) is 4.98 Å². The number of rotatable bonds is 5. The van der Waals surface area contributed by atoms with Crippen LogP contribution in [0.3, 0.4) is 0 Å². The van der Waals surface area contributed by atoms with Crippen molar-refractivity contribution in [2.45, 2.75) is 40.2 Å². The average Bonchev–Trinajstić information content (AvgIpc) is 2.87. The molecular weight excluding hydrogens is 254 g/mol. The summed E-state index contributed by atoms with van der Waals surface area (Å²) in [5.74, 6) is 1.94. The Balaban J connectivity index is 2.33. The predicted octanol–water partition coefficient (Wildman–Crippen LogP) is 3.16. The third kappa shape index (κ3) is 2.99. The highest BCUT2D eigenvalue weighted by molar-refractivity contribution is 5.61. The summed E-state index contributed by atoms with van der Waals surface area (Å²) in [5.41, 5.74) is 8.78. The molecule has 1 aromatic carbocycles. The van der Waals surface area contributed by atoms with E-state index in [1.807, 2.05) is 32.9 Å². The van der Waals surface area contributed by atoms with Gasteiger partial charge in [0.05, 0.1) is 12.6 Å². The monoisotopic (exact) mass is 275 g/mol. The molecule has 108 valence electrons. The summed E-state index contributed by atoms with van der Waals surface area (Å²) < 4.78 is 10.9. The standard InChI is InChI=1S/C15H21N3O2/c1-5-6-19-13-9(2)7-12(8-10(13)3)14-17-15(11(4)16)20-18-14/h7-8,11H,5-6,16H2,1-4H3/t11-/m1/s1. The summed E-state index contributed by atoms with van der Waals surface area (Å²) >= 11 is 0. The van der Waals surface area contributed by atoms with Crippen LogP contribution in [0.1, 0.15) is 43.3 Å². The molecule has 0 radical (unpaired) electrons. The molecule has 0 amide bonds. The third-order valence-corrected chi connectivity index (χ3v) is 3.00. The number of ether oxygens (including phenoxy) is 1. The van der Waals surface area contributed by atoms with Crippen molar-refractivity contribution < 1.29 is 9.26 Å². The molecule has 0 saturated carbocycles. The molecule has 0 saturated heterocycles. The summed E-state index contributed by atoms with van der Waals surface area (Å²) in [4.78, 5) is 4.31. The molecule has 0 aliphatic carbocycles. The van der Waals surface area contributed by atoms with Gasteiger partial charge in [0.25, 0.3) is 0 Å². The second-order valence-corrected chi connectivity index (χ2v) is 5.03. The van der Waals surface area contributed by atoms with Crippen LogP contribution in [0.25, 0.3) is 11.4 Å². The molecule has 0 bridgehead atoms. The number of nitrogens with two attached hydrogens (primary N) is 1. The SMILES string of the molecule is CCCOc1c(C)cc(-c2noc([C@@H](C)N)n2)cc1C. The first-order valence-electron chi connectivity index (χ1n) is 6.86. The molecule has 0 spiro atoms. The molecule has 20 heavy (non-hydrogen) atoms. The van der Waals surface area contributed by atoms with Crippen LogP contribution in [0.5, 0.6) is 5.75 Å². The van der Waals surface area contributed by atoms with Crippen molar-refractivity contribution in [3.8, 4) is 17.1 Å². The fourth-order valence-corrected chi connectivity index (χ4v) is 2.05. The van der Waals surface area contributed by atoms with Gasteiger partial charge in [-0.05, 0) is 50.5 Å². The molecule has 0 aliphatic rings. The maximum absolute atomic E-state index is 5.77. The molecule has 2 N–H and O–H groups in total. The van der Waals surface area contributed by atoms with Crippen molar-refractivity contribution in [2.24, 2.45) is 5.73 Å². The summed E-state index contributed by atoms with van der Waals surface area (Å²) in [6, 6.07) is 3.76. The van der Waals surface area contributed by atoms with Crippen LogP contribution in [-0.4, -0.2) is 16.7 Å². The summed E-state index contributed by atoms with van der Waals surface area (Å²) in [6.45, 7) is 8.67. The Kier molecular flexibility index (Phi) is 4.39. The molecule has 2 rings (SSSR count). The lowest BCUT2D eigenvalue weighted by molar-refractivity contribution is 0.313. The van der Waals surface area contributed by atoms with Crippen molar-refractivity contribution in [3.05, 3.63) is 29.2 Å². The lowest BCUT2D eigenvalue weighted by atomic mass is 10.1. The van der Waals surface area contributed by atoms with Crippen LogP contribution in [0.15, 0.2) is 16.7 Å². The second kappa shape index (κ2) is 6.05. The summed E-state index contributed by atoms with van der Waals surface area (Å²) in [7, 11) is 0. The first kappa shape index (κ1) is 14.5. The van der Waals surface area contributed by atoms with E-state index in [4.69, 9.17) is 15.0 Å². The Morgan fingerprint density at radius 3 is 2.45 bits per heavy atom.